The molecule has 0 bridgehead atoms. The van der Waals surface area contributed by atoms with Gasteiger partial charge in [0, 0.05) is 5.57 Å². The number of ether oxygens (including phenoxy) is 1. The van der Waals surface area contributed by atoms with Gasteiger partial charge in [-0.3, -0.25) is 0 Å². The van der Waals surface area contributed by atoms with Gasteiger partial charge < -0.3 is 4.74 Å². The van der Waals surface area contributed by atoms with Crippen LogP contribution in [0.5, 0.6) is 0 Å². The molecule has 3 rings (SSSR count). The second kappa shape index (κ2) is 6.67. The predicted octanol–water partition coefficient (Wildman–Crippen LogP) is 3.10. The number of carbonyl (C=O) groups is 1. The number of nitrogens with two attached hydrogens (primary N) is 1. The molecule has 0 saturated carbocycles. The Morgan fingerprint density at radius 1 is 0.964 bits per heavy atom. The molecule has 1 aliphatic heterocycles. The van der Waals surface area contributed by atoms with E-state index in [1.54, 1.807) is 0 Å². The van der Waals surface area contributed by atoms with Gasteiger partial charge in [-0.2, -0.15) is 13.2 Å². The Balaban J connectivity index is 2.14. The SMILES string of the molecule is NS(=O)(=O)c1c(F)cc(C2=C(c3ccc(C(F)(F)F)cc3)C(=O)OC2)cc1F. The highest BCUT2D eigenvalue weighted by Gasteiger charge is 2.32. The van der Waals surface area contributed by atoms with Gasteiger partial charge in [0.1, 0.15) is 18.2 Å². The minimum absolute atomic E-state index is 0.0106. The molecule has 0 unspecified atom stereocenters. The van der Waals surface area contributed by atoms with Crippen molar-refractivity contribution in [2.24, 2.45) is 5.14 Å². The summed E-state index contributed by atoms with van der Waals surface area (Å²) in [4.78, 5) is 10.7. The molecule has 5 nitrogen and oxygen atoms in total. The van der Waals surface area contributed by atoms with Crippen LogP contribution < -0.4 is 5.14 Å². The highest BCUT2D eigenvalue weighted by Crippen LogP contribution is 2.36. The summed E-state index contributed by atoms with van der Waals surface area (Å²) in [5.41, 5.74) is -1.30. The quantitative estimate of drug-likeness (QED) is 0.612. The third kappa shape index (κ3) is 3.62. The molecule has 0 aromatic heterocycles. The molecule has 148 valence electrons. The Morgan fingerprint density at radius 3 is 1.96 bits per heavy atom. The number of cyclic esters (lactones) is 1. The van der Waals surface area contributed by atoms with Gasteiger partial charge in [0.15, 0.2) is 4.90 Å². The highest BCUT2D eigenvalue weighted by atomic mass is 32.2. The second-order valence-corrected chi connectivity index (χ2v) is 7.32. The van der Waals surface area contributed by atoms with E-state index in [1.165, 1.54) is 0 Å². The lowest BCUT2D eigenvalue weighted by molar-refractivity contribution is -0.137. The van der Waals surface area contributed by atoms with E-state index >= 15 is 0 Å². The monoisotopic (exact) mass is 419 g/mol. The number of halogens is 5. The van der Waals surface area contributed by atoms with Crippen LogP contribution in [0.2, 0.25) is 0 Å². The fourth-order valence-corrected chi connectivity index (χ4v) is 3.42. The summed E-state index contributed by atoms with van der Waals surface area (Å²) in [6, 6.07) is 4.86. The Kier molecular flexibility index (Phi) is 4.76. The van der Waals surface area contributed by atoms with Gasteiger partial charge in [0.25, 0.3) is 0 Å². The number of rotatable bonds is 3. The first-order valence-electron chi connectivity index (χ1n) is 7.49. The maximum absolute atomic E-state index is 14.1. The van der Waals surface area contributed by atoms with Crippen molar-refractivity contribution in [3.8, 4) is 0 Å². The molecule has 0 spiro atoms. The molecule has 0 aliphatic carbocycles. The highest BCUT2D eigenvalue weighted by molar-refractivity contribution is 7.89. The molecule has 0 atom stereocenters. The first-order valence-corrected chi connectivity index (χ1v) is 9.04. The number of hydrogen-bond acceptors (Lipinski definition) is 4. The number of primary sulfonamides is 1. The van der Waals surface area contributed by atoms with E-state index < -0.39 is 50.9 Å². The number of esters is 1. The van der Waals surface area contributed by atoms with Gasteiger partial charge in [0.05, 0.1) is 11.1 Å². The minimum atomic E-state index is -4.67. The Hall–Kier alpha value is -2.79. The topological polar surface area (TPSA) is 86.5 Å². The van der Waals surface area contributed by atoms with Crippen molar-refractivity contribution in [3.63, 3.8) is 0 Å². The van der Waals surface area contributed by atoms with Gasteiger partial charge in [-0.25, -0.2) is 27.1 Å². The summed E-state index contributed by atoms with van der Waals surface area (Å²) in [6.45, 7) is -0.400. The van der Waals surface area contributed by atoms with Gasteiger partial charge >= 0.3 is 12.1 Å². The third-order valence-electron chi connectivity index (χ3n) is 3.99. The first-order chi connectivity index (χ1) is 12.9. The molecule has 0 saturated heterocycles. The predicted molar refractivity (Wildman–Crippen MR) is 86.9 cm³/mol. The lowest BCUT2D eigenvalue weighted by Gasteiger charge is -2.10. The largest absolute Gasteiger partial charge is 0.457 e. The van der Waals surface area contributed by atoms with Crippen molar-refractivity contribution >= 4 is 27.1 Å². The number of benzene rings is 2. The van der Waals surface area contributed by atoms with Crippen LogP contribution in [-0.4, -0.2) is 21.0 Å². The zero-order valence-corrected chi connectivity index (χ0v) is 14.5. The second-order valence-electron chi connectivity index (χ2n) is 5.82. The molecule has 28 heavy (non-hydrogen) atoms. The molecule has 2 aromatic carbocycles. The van der Waals surface area contributed by atoms with Crippen molar-refractivity contribution in [1.82, 2.24) is 0 Å². The summed E-state index contributed by atoms with van der Waals surface area (Å²) in [7, 11) is -4.67. The lowest BCUT2D eigenvalue weighted by atomic mass is 9.96. The average Bonchev–Trinajstić information content (AvgIpc) is 2.93. The van der Waals surface area contributed by atoms with Crippen LogP contribution in [-0.2, 0) is 25.7 Å². The smallest absolute Gasteiger partial charge is 0.416 e. The van der Waals surface area contributed by atoms with E-state index in [2.05, 4.69) is 0 Å². The Labute approximate surface area is 155 Å². The van der Waals surface area contributed by atoms with Crippen molar-refractivity contribution in [2.45, 2.75) is 11.1 Å². The molecule has 2 aromatic rings. The van der Waals surface area contributed by atoms with Gasteiger partial charge in [-0.1, -0.05) is 12.1 Å². The molecule has 2 N–H and O–H groups in total. The lowest BCUT2D eigenvalue weighted by Crippen LogP contribution is -2.16. The maximum Gasteiger partial charge on any atom is 0.416 e. The zero-order chi connectivity index (χ0) is 20.9. The maximum atomic E-state index is 14.1. The molecule has 0 amide bonds. The van der Waals surface area contributed by atoms with E-state index in [0.29, 0.717) is 12.1 Å². The van der Waals surface area contributed by atoms with Crippen LogP contribution in [0.25, 0.3) is 11.1 Å². The Morgan fingerprint density at radius 2 is 1.50 bits per heavy atom. The number of alkyl halides is 3. The standard InChI is InChI=1S/C17H10F5NO4S/c18-12-5-9(6-13(19)15(12)28(23,25)26)11-7-27-16(24)14(11)8-1-3-10(4-2-8)17(20,21)22/h1-6H,7H2,(H2,23,25,26). The van der Waals surface area contributed by atoms with Gasteiger partial charge in [0.2, 0.25) is 10.0 Å². The van der Waals surface area contributed by atoms with Crippen LogP contribution in [0.15, 0.2) is 41.3 Å². The minimum Gasteiger partial charge on any atom is -0.457 e. The fourth-order valence-electron chi connectivity index (χ4n) is 2.76. The first kappa shape index (κ1) is 20.0. The van der Waals surface area contributed by atoms with Crippen LogP contribution in [0.3, 0.4) is 0 Å². The zero-order valence-electron chi connectivity index (χ0n) is 13.7. The molecular weight excluding hydrogens is 409 g/mol. The van der Waals surface area contributed by atoms with Crippen molar-refractivity contribution in [1.29, 1.82) is 0 Å². The number of carbonyl (C=O) groups excluding carboxylic acids is 1. The summed E-state index contributed by atoms with van der Waals surface area (Å²) in [6.07, 6.45) is -4.58. The molecule has 11 heteroatoms. The molecule has 0 radical (unpaired) electrons. The van der Waals surface area contributed by atoms with E-state index in [0.717, 1.165) is 24.3 Å². The molecular formula is C17H10F5NO4S. The van der Waals surface area contributed by atoms with Crippen LogP contribution in [0.4, 0.5) is 22.0 Å². The van der Waals surface area contributed by atoms with Crippen LogP contribution >= 0.6 is 0 Å². The number of sulfonamides is 1. The molecule has 1 aliphatic rings. The van der Waals surface area contributed by atoms with Crippen molar-refractivity contribution in [2.75, 3.05) is 6.61 Å². The van der Waals surface area contributed by atoms with E-state index in [1.807, 2.05) is 0 Å². The molecule has 1 heterocycles. The third-order valence-corrected chi connectivity index (χ3v) is 4.94. The van der Waals surface area contributed by atoms with Crippen molar-refractivity contribution < 1.29 is 39.9 Å². The summed E-state index contributed by atoms with van der Waals surface area (Å²) < 4.78 is 93.7. The number of hydrogen-bond donors (Lipinski definition) is 1. The van der Waals surface area contributed by atoms with Crippen LogP contribution in [0.1, 0.15) is 16.7 Å². The summed E-state index contributed by atoms with van der Waals surface area (Å²) in [5.74, 6) is -3.85. The normalized spacial score (nSPS) is 15.1. The summed E-state index contributed by atoms with van der Waals surface area (Å²) >= 11 is 0. The van der Waals surface area contributed by atoms with Crippen molar-refractivity contribution in [3.05, 3.63) is 64.7 Å². The average molecular weight is 419 g/mol. The van der Waals surface area contributed by atoms with Crippen LogP contribution in [0, 0.1) is 11.6 Å². The van der Waals surface area contributed by atoms with Gasteiger partial charge in [-0.15, -0.1) is 0 Å². The van der Waals surface area contributed by atoms with Gasteiger partial charge in [-0.05, 0) is 35.4 Å². The molecule has 0 fully saturated rings. The Bertz CT molecular complexity index is 1080. The summed E-state index contributed by atoms with van der Waals surface area (Å²) in [5, 5.41) is 4.76. The van der Waals surface area contributed by atoms with E-state index in [9.17, 15) is 35.2 Å². The fraction of sp³-hybridized carbons (Fsp3) is 0.118. The van der Waals surface area contributed by atoms with E-state index in [4.69, 9.17) is 9.88 Å². The van der Waals surface area contributed by atoms with E-state index in [-0.39, 0.29) is 22.3 Å².